The van der Waals surface area contributed by atoms with Crippen LogP contribution in [-0.2, 0) is 6.54 Å². The van der Waals surface area contributed by atoms with E-state index >= 15 is 0 Å². The van der Waals surface area contributed by atoms with Gasteiger partial charge in [0.25, 0.3) is 0 Å². The van der Waals surface area contributed by atoms with E-state index in [4.69, 9.17) is 11.6 Å². The van der Waals surface area contributed by atoms with E-state index in [9.17, 15) is 0 Å². The molecule has 2 heterocycles. The Morgan fingerprint density at radius 3 is 3.00 bits per heavy atom. The molecule has 1 aliphatic heterocycles. The Morgan fingerprint density at radius 2 is 2.40 bits per heavy atom. The summed E-state index contributed by atoms with van der Waals surface area (Å²) in [7, 11) is 0. The number of rotatable bonds is 2. The molecule has 0 spiro atoms. The van der Waals surface area contributed by atoms with Crippen LogP contribution in [0.5, 0.6) is 0 Å². The Morgan fingerprint density at radius 1 is 1.60 bits per heavy atom. The molecule has 0 aliphatic carbocycles. The number of piperazine rings is 1. The topological polar surface area (TPSA) is 15.3 Å². The molecule has 1 aromatic rings. The summed E-state index contributed by atoms with van der Waals surface area (Å²) in [5, 5.41) is 3.39. The Labute approximate surface area is 106 Å². The quantitative estimate of drug-likeness (QED) is 0.886. The van der Waals surface area contributed by atoms with E-state index in [-0.39, 0.29) is 12.4 Å². The van der Waals surface area contributed by atoms with Gasteiger partial charge in [-0.2, -0.15) is 0 Å². The Kier molecular flexibility index (Phi) is 5.36. The molecule has 2 rings (SSSR count). The van der Waals surface area contributed by atoms with Crippen molar-refractivity contribution in [2.24, 2.45) is 0 Å². The first kappa shape index (κ1) is 13.3. The van der Waals surface area contributed by atoms with E-state index in [0.29, 0.717) is 6.04 Å². The van der Waals surface area contributed by atoms with E-state index < -0.39 is 0 Å². The summed E-state index contributed by atoms with van der Waals surface area (Å²) < 4.78 is 0.891. The number of halogens is 2. The molecule has 1 N–H and O–H groups in total. The van der Waals surface area contributed by atoms with Gasteiger partial charge in [0.05, 0.1) is 4.34 Å². The maximum absolute atomic E-state index is 5.90. The fourth-order valence-electron chi connectivity index (χ4n) is 1.75. The largest absolute Gasteiger partial charge is 0.314 e. The van der Waals surface area contributed by atoms with Crippen LogP contribution < -0.4 is 5.32 Å². The van der Waals surface area contributed by atoms with Crippen molar-refractivity contribution in [1.82, 2.24) is 10.2 Å². The van der Waals surface area contributed by atoms with Crippen molar-refractivity contribution in [3.05, 3.63) is 21.3 Å². The van der Waals surface area contributed by atoms with Crippen LogP contribution >= 0.6 is 35.3 Å². The van der Waals surface area contributed by atoms with Crippen LogP contribution in [0.4, 0.5) is 0 Å². The Balaban J connectivity index is 0.00000112. The molecule has 1 fully saturated rings. The molecule has 0 saturated carbocycles. The van der Waals surface area contributed by atoms with Gasteiger partial charge in [0.2, 0.25) is 0 Å². The molecule has 1 atom stereocenters. The van der Waals surface area contributed by atoms with Gasteiger partial charge < -0.3 is 5.32 Å². The first-order valence-electron chi connectivity index (χ1n) is 4.94. The van der Waals surface area contributed by atoms with Gasteiger partial charge in [0.1, 0.15) is 0 Å². The zero-order chi connectivity index (χ0) is 9.97. The third kappa shape index (κ3) is 3.61. The zero-order valence-corrected chi connectivity index (χ0v) is 11.1. The average molecular weight is 267 g/mol. The van der Waals surface area contributed by atoms with Crippen molar-refractivity contribution < 1.29 is 0 Å². The summed E-state index contributed by atoms with van der Waals surface area (Å²) in [5.74, 6) is 0. The number of nitrogens with one attached hydrogen (secondary N) is 1. The summed E-state index contributed by atoms with van der Waals surface area (Å²) in [6.45, 7) is 6.64. The monoisotopic (exact) mass is 266 g/mol. The van der Waals surface area contributed by atoms with Crippen LogP contribution in [0.25, 0.3) is 0 Å². The molecule has 86 valence electrons. The second-order valence-electron chi connectivity index (χ2n) is 3.73. The first-order chi connectivity index (χ1) is 6.75. The van der Waals surface area contributed by atoms with Gasteiger partial charge in [-0.1, -0.05) is 11.6 Å². The highest BCUT2D eigenvalue weighted by molar-refractivity contribution is 7.16. The smallest absolute Gasteiger partial charge is 0.0931 e. The van der Waals surface area contributed by atoms with Crippen molar-refractivity contribution in [1.29, 1.82) is 0 Å². The molecule has 2 nitrogen and oxygen atoms in total. The molecule has 0 aromatic carbocycles. The molecule has 0 bridgehead atoms. The fourth-order valence-corrected chi connectivity index (χ4v) is 2.87. The summed E-state index contributed by atoms with van der Waals surface area (Å²) in [5.41, 5.74) is 0. The Hall–Kier alpha value is 0.200. The van der Waals surface area contributed by atoms with Crippen molar-refractivity contribution in [3.8, 4) is 0 Å². The molecule has 5 heteroatoms. The van der Waals surface area contributed by atoms with Crippen LogP contribution in [0.2, 0.25) is 4.34 Å². The molecule has 15 heavy (non-hydrogen) atoms. The maximum atomic E-state index is 5.90. The number of thiophene rings is 1. The highest BCUT2D eigenvalue weighted by Gasteiger charge is 2.18. The predicted molar refractivity (Wildman–Crippen MR) is 69.3 cm³/mol. The molecular weight excluding hydrogens is 251 g/mol. The van der Waals surface area contributed by atoms with Crippen molar-refractivity contribution >= 4 is 35.3 Å². The minimum absolute atomic E-state index is 0. The molecule has 1 unspecified atom stereocenters. The fraction of sp³-hybridized carbons (Fsp3) is 0.600. The standard InChI is InChI=1S/C10H15ClN2S.ClH/c1-8-6-12-4-5-13(8)7-9-2-3-10(11)14-9;/h2-3,8,12H,4-7H2,1H3;1H. The van der Waals surface area contributed by atoms with Gasteiger partial charge in [0, 0.05) is 37.1 Å². The molecule has 0 radical (unpaired) electrons. The van der Waals surface area contributed by atoms with E-state index in [1.807, 2.05) is 6.07 Å². The second-order valence-corrected chi connectivity index (χ2v) is 5.53. The van der Waals surface area contributed by atoms with Crippen molar-refractivity contribution in [2.45, 2.75) is 19.5 Å². The van der Waals surface area contributed by atoms with Crippen LogP contribution in [0.3, 0.4) is 0 Å². The van der Waals surface area contributed by atoms with Crippen LogP contribution in [0.1, 0.15) is 11.8 Å². The van der Waals surface area contributed by atoms with Gasteiger partial charge in [-0.15, -0.1) is 23.7 Å². The van der Waals surface area contributed by atoms with E-state index in [2.05, 4.69) is 23.2 Å². The lowest BCUT2D eigenvalue weighted by atomic mass is 10.2. The summed E-state index contributed by atoms with van der Waals surface area (Å²) in [4.78, 5) is 3.86. The van der Waals surface area contributed by atoms with Crippen LogP contribution in [-0.4, -0.2) is 30.6 Å². The molecule has 0 amide bonds. The van der Waals surface area contributed by atoms with Gasteiger partial charge >= 0.3 is 0 Å². The van der Waals surface area contributed by atoms with E-state index in [0.717, 1.165) is 30.5 Å². The minimum Gasteiger partial charge on any atom is -0.314 e. The van der Waals surface area contributed by atoms with E-state index in [1.54, 1.807) is 11.3 Å². The first-order valence-corrected chi connectivity index (χ1v) is 6.14. The van der Waals surface area contributed by atoms with Gasteiger partial charge in [-0.05, 0) is 19.1 Å². The lowest BCUT2D eigenvalue weighted by molar-refractivity contribution is 0.167. The van der Waals surface area contributed by atoms with Crippen LogP contribution in [0, 0.1) is 0 Å². The van der Waals surface area contributed by atoms with Crippen molar-refractivity contribution in [2.75, 3.05) is 19.6 Å². The summed E-state index contributed by atoms with van der Waals surface area (Å²) in [6.07, 6.45) is 0. The minimum atomic E-state index is 0. The average Bonchev–Trinajstić information content (AvgIpc) is 2.56. The second kappa shape index (κ2) is 6.06. The SMILES string of the molecule is CC1CNCCN1Cc1ccc(Cl)s1.Cl. The molecular formula is C10H16Cl2N2S. The third-order valence-corrected chi connectivity index (χ3v) is 3.84. The lowest BCUT2D eigenvalue weighted by Crippen LogP contribution is -2.49. The maximum Gasteiger partial charge on any atom is 0.0931 e. The number of hydrogen-bond donors (Lipinski definition) is 1. The van der Waals surface area contributed by atoms with Gasteiger partial charge in [-0.3, -0.25) is 4.90 Å². The van der Waals surface area contributed by atoms with Gasteiger partial charge in [-0.25, -0.2) is 0 Å². The summed E-state index contributed by atoms with van der Waals surface area (Å²) in [6, 6.07) is 4.74. The number of nitrogens with zero attached hydrogens (tertiary/aromatic N) is 1. The molecule has 1 saturated heterocycles. The van der Waals surface area contributed by atoms with Gasteiger partial charge in [0.15, 0.2) is 0 Å². The van der Waals surface area contributed by atoms with E-state index in [1.165, 1.54) is 4.88 Å². The normalized spacial score (nSPS) is 22.4. The summed E-state index contributed by atoms with van der Waals surface area (Å²) >= 11 is 7.59. The molecule has 1 aliphatic rings. The van der Waals surface area contributed by atoms with Crippen LogP contribution in [0.15, 0.2) is 12.1 Å². The zero-order valence-electron chi connectivity index (χ0n) is 8.70. The highest BCUT2D eigenvalue weighted by atomic mass is 35.5. The molecule has 1 aromatic heterocycles. The predicted octanol–water partition coefficient (Wildman–Crippen LogP) is 2.62. The Bertz CT molecular complexity index is 303. The third-order valence-electron chi connectivity index (χ3n) is 2.63. The lowest BCUT2D eigenvalue weighted by Gasteiger charge is -2.33. The highest BCUT2D eigenvalue weighted by Crippen LogP contribution is 2.23. The number of hydrogen-bond acceptors (Lipinski definition) is 3. The van der Waals surface area contributed by atoms with Crippen molar-refractivity contribution in [3.63, 3.8) is 0 Å².